The number of hydrogen-bond donors (Lipinski definition) is 2. The van der Waals surface area contributed by atoms with Crippen LogP contribution < -0.4 is 10.7 Å². The van der Waals surface area contributed by atoms with Gasteiger partial charge in [-0.1, -0.05) is 29.5 Å². The van der Waals surface area contributed by atoms with Gasteiger partial charge in [0.05, 0.1) is 12.5 Å². The lowest BCUT2D eigenvalue weighted by atomic mass is 10.1. The topological polar surface area (TPSA) is 79.5 Å². The van der Waals surface area contributed by atoms with Crippen LogP contribution in [0, 0.1) is 5.82 Å². The van der Waals surface area contributed by atoms with Crippen LogP contribution in [0.3, 0.4) is 0 Å². The van der Waals surface area contributed by atoms with Gasteiger partial charge in [0.25, 0.3) is 5.91 Å². The third-order valence-electron chi connectivity index (χ3n) is 3.90. The SMILES string of the molecule is O=C(Nc1sc(NN=Cc2ccco2)nc1-c1ccc(F)cc1)c1ccccc1. The van der Waals surface area contributed by atoms with Gasteiger partial charge in [0.2, 0.25) is 5.13 Å². The van der Waals surface area contributed by atoms with Crippen LogP contribution in [-0.2, 0) is 0 Å². The van der Waals surface area contributed by atoms with Crippen LogP contribution in [0.1, 0.15) is 16.1 Å². The van der Waals surface area contributed by atoms with Crippen LogP contribution in [-0.4, -0.2) is 17.1 Å². The minimum absolute atomic E-state index is 0.261. The molecule has 4 aromatic rings. The Bertz CT molecular complexity index is 1120. The molecule has 2 aromatic carbocycles. The maximum Gasteiger partial charge on any atom is 0.256 e. The first kappa shape index (κ1) is 18.6. The molecule has 4 rings (SSSR count). The Balaban J connectivity index is 1.61. The molecule has 0 aliphatic carbocycles. The number of hydrogen-bond acceptors (Lipinski definition) is 6. The standard InChI is InChI=1S/C21H15FN4O2S/c22-16-10-8-14(9-11-16)18-20(25-19(27)15-5-2-1-3-6-15)29-21(24-18)26-23-13-17-7-4-12-28-17/h1-13H,(H,24,26)(H,25,27). The molecule has 0 spiro atoms. The summed E-state index contributed by atoms with van der Waals surface area (Å²) in [5.41, 5.74) is 4.55. The average molecular weight is 406 g/mol. The highest BCUT2D eigenvalue weighted by Gasteiger charge is 2.16. The molecule has 2 N–H and O–H groups in total. The molecule has 0 aliphatic rings. The fourth-order valence-corrected chi connectivity index (χ4v) is 3.37. The van der Waals surface area contributed by atoms with Crippen LogP contribution in [0.25, 0.3) is 11.3 Å². The summed E-state index contributed by atoms with van der Waals surface area (Å²) < 4.78 is 18.5. The van der Waals surface area contributed by atoms with E-state index in [0.29, 0.717) is 32.7 Å². The van der Waals surface area contributed by atoms with Crippen LogP contribution in [0.4, 0.5) is 14.5 Å². The van der Waals surface area contributed by atoms with Crippen molar-refractivity contribution in [2.75, 3.05) is 10.7 Å². The largest absolute Gasteiger partial charge is 0.463 e. The number of furan rings is 1. The van der Waals surface area contributed by atoms with E-state index in [-0.39, 0.29) is 11.7 Å². The van der Waals surface area contributed by atoms with Gasteiger partial charge in [0.15, 0.2) is 0 Å². The first-order chi connectivity index (χ1) is 14.2. The number of halogens is 1. The van der Waals surface area contributed by atoms with Crippen LogP contribution in [0.15, 0.2) is 82.5 Å². The maximum atomic E-state index is 13.3. The number of anilines is 2. The molecule has 0 radical (unpaired) electrons. The van der Waals surface area contributed by atoms with Crippen molar-refractivity contribution in [2.45, 2.75) is 0 Å². The quantitative estimate of drug-likeness (QED) is 0.339. The van der Waals surface area contributed by atoms with Gasteiger partial charge in [0, 0.05) is 11.1 Å². The smallest absolute Gasteiger partial charge is 0.256 e. The van der Waals surface area contributed by atoms with E-state index in [1.807, 2.05) is 6.07 Å². The van der Waals surface area contributed by atoms with Gasteiger partial charge in [-0.05, 0) is 48.5 Å². The lowest BCUT2D eigenvalue weighted by Gasteiger charge is -2.05. The van der Waals surface area contributed by atoms with Gasteiger partial charge in [-0.15, -0.1) is 0 Å². The van der Waals surface area contributed by atoms with Crippen molar-refractivity contribution in [2.24, 2.45) is 5.10 Å². The second-order valence-corrected chi connectivity index (χ2v) is 6.91. The normalized spacial score (nSPS) is 10.9. The molecule has 0 saturated carbocycles. The molecule has 29 heavy (non-hydrogen) atoms. The molecule has 0 fully saturated rings. The number of amides is 1. The molecular weight excluding hydrogens is 391 g/mol. The molecule has 8 heteroatoms. The number of nitrogens with one attached hydrogen (secondary N) is 2. The van der Waals surface area contributed by atoms with Gasteiger partial charge in [0.1, 0.15) is 22.3 Å². The van der Waals surface area contributed by atoms with Gasteiger partial charge < -0.3 is 9.73 Å². The monoisotopic (exact) mass is 406 g/mol. The highest BCUT2D eigenvalue weighted by Crippen LogP contribution is 2.36. The minimum atomic E-state index is -0.347. The van der Waals surface area contributed by atoms with Gasteiger partial charge in [-0.25, -0.2) is 9.37 Å². The van der Waals surface area contributed by atoms with Crippen molar-refractivity contribution in [1.29, 1.82) is 0 Å². The lowest BCUT2D eigenvalue weighted by Crippen LogP contribution is -2.11. The molecule has 0 atom stereocenters. The molecule has 0 saturated heterocycles. The molecular formula is C21H15FN4O2S. The molecule has 144 valence electrons. The summed E-state index contributed by atoms with van der Waals surface area (Å²) in [6.45, 7) is 0. The van der Waals surface area contributed by atoms with Crippen molar-refractivity contribution in [3.63, 3.8) is 0 Å². The fraction of sp³-hybridized carbons (Fsp3) is 0. The number of nitrogens with zero attached hydrogens (tertiary/aromatic N) is 2. The van der Waals surface area contributed by atoms with Crippen LogP contribution in [0.2, 0.25) is 0 Å². The van der Waals surface area contributed by atoms with E-state index in [1.165, 1.54) is 29.7 Å². The van der Waals surface area contributed by atoms with Crippen molar-refractivity contribution >= 4 is 33.6 Å². The van der Waals surface area contributed by atoms with Crippen molar-refractivity contribution in [3.05, 3.63) is 90.1 Å². The van der Waals surface area contributed by atoms with Gasteiger partial charge >= 0.3 is 0 Å². The number of carbonyl (C=O) groups excluding carboxylic acids is 1. The number of thiazole rings is 1. The summed E-state index contributed by atoms with van der Waals surface area (Å²) in [5, 5.41) is 7.96. The summed E-state index contributed by atoms with van der Waals surface area (Å²) in [5.74, 6) is -0.0195. The van der Waals surface area contributed by atoms with E-state index in [2.05, 4.69) is 20.8 Å². The number of hydrazone groups is 1. The maximum absolute atomic E-state index is 13.3. The Labute approximate surface area is 169 Å². The Kier molecular flexibility index (Phi) is 5.44. The van der Waals surface area contributed by atoms with E-state index >= 15 is 0 Å². The lowest BCUT2D eigenvalue weighted by molar-refractivity contribution is 0.102. The summed E-state index contributed by atoms with van der Waals surface area (Å²) in [7, 11) is 0. The predicted octanol–water partition coefficient (Wildman–Crippen LogP) is 5.24. The second-order valence-electron chi connectivity index (χ2n) is 5.91. The predicted molar refractivity (Wildman–Crippen MR) is 112 cm³/mol. The van der Waals surface area contributed by atoms with E-state index in [0.717, 1.165) is 0 Å². The molecule has 1 amide bonds. The van der Waals surface area contributed by atoms with Gasteiger partial charge in [-0.2, -0.15) is 5.10 Å². The highest BCUT2D eigenvalue weighted by atomic mass is 32.1. The molecule has 0 unspecified atom stereocenters. The fourth-order valence-electron chi connectivity index (χ4n) is 2.54. The van der Waals surface area contributed by atoms with Crippen molar-refractivity contribution in [1.82, 2.24) is 4.98 Å². The third kappa shape index (κ3) is 4.56. The van der Waals surface area contributed by atoms with Crippen molar-refractivity contribution < 1.29 is 13.6 Å². The van der Waals surface area contributed by atoms with Crippen molar-refractivity contribution in [3.8, 4) is 11.3 Å². The zero-order chi connectivity index (χ0) is 20.1. The Hall–Kier alpha value is -3.78. The van der Waals surface area contributed by atoms with E-state index in [4.69, 9.17) is 4.42 Å². The molecule has 0 bridgehead atoms. The first-order valence-electron chi connectivity index (χ1n) is 8.65. The highest BCUT2D eigenvalue weighted by molar-refractivity contribution is 7.20. The number of benzene rings is 2. The Morgan fingerprint density at radius 1 is 1.07 bits per heavy atom. The summed E-state index contributed by atoms with van der Waals surface area (Å²) in [4.78, 5) is 17.1. The summed E-state index contributed by atoms with van der Waals surface area (Å²) in [6, 6.07) is 18.3. The molecule has 2 aromatic heterocycles. The first-order valence-corrected chi connectivity index (χ1v) is 9.46. The van der Waals surface area contributed by atoms with Gasteiger partial charge in [-0.3, -0.25) is 10.2 Å². The Morgan fingerprint density at radius 2 is 1.86 bits per heavy atom. The van der Waals surface area contributed by atoms with Crippen LogP contribution in [0.5, 0.6) is 0 Å². The number of rotatable bonds is 6. The summed E-state index contributed by atoms with van der Waals surface area (Å²) in [6.07, 6.45) is 3.07. The molecule has 6 nitrogen and oxygen atoms in total. The second kappa shape index (κ2) is 8.49. The zero-order valence-electron chi connectivity index (χ0n) is 15.0. The average Bonchev–Trinajstić information content (AvgIpc) is 3.40. The van der Waals surface area contributed by atoms with E-state index in [1.54, 1.807) is 54.8 Å². The zero-order valence-corrected chi connectivity index (χ0v) is 15.8. The minimum Gasteiger partial charge on any atom is -0.463 e. The summed E-state index contributed by atoms with van der Waals surface area (Å²) >= 11 is 1.23. The molecule has 0 aliphatic heterocycles. The number of carbonyl (C=O) groups is 1. The van der Waals surface area contributed by atoms with E-state index < -0.39 is 0 Å². The number of aromatic nitrogens is 1. The molecule has 2 heterocycles. The van der Waals surface area contributed by atoms with Crippen LogP contribution >= 0.6 is 11.3 Å². The Morgan fingerprint density at radius 3 is 2.59 bits per heavy atom. The van der Waals surface area contributed by atoms with E-state index in [9.17, 15) is 9.18 Å². The third-order valence-corrected chi connectivity index (χ3v) is 4.78.